The van der Waals surface area contributed by atoms with E-state index in [-0.39, 0.29) is 23.8 Å². The Morgan fingerprint density at radius 1 is 0.946 bits per heavy atom. The van der Waals surface area contributed by atoms with Crippen LogP contribution in [0.15, 0.2) is 66.7 Å². The fraction of sp³-hybridized carbons (Fsp3) is 0.276. The molecule has 0 spiro atoms. The van der Waals surface area contributed by atoms with Gasteiger partial charge in [-0.2, -0.15) is 0 Å². The zero-order valence-electron chi connectivity index (χ0n) is 20.8. The highest BCUT2D eigenvalue weighted by atomic mass is 16.5. The van der Waals surface area contributed by atoms with Crippen molar-refractivity contribution in [1.82, 2.24) is 15.2 Å². The number of fused-ring (bicyclic) bond motifs is 2. The number of benzene rings is 3. The molecule has 0 bridgehead atoms. The first-order valence-electron chi connectivity index (χ1n) is 12.5. The maximum Gasteiger partial charge on any atom is 0.407 e. The molecular weight excluding hydrogens is 466 g/mol. The third-order valence-electron chi connectivity index (χ3n) is 7.23. The number of carbonyl (C=O) groups is 2. The first-order valence-corrected chi connectivity index (χ1v) is 12.5. The largest absolute Gasteiger partial charge is 0.453 e. The Labute approximate surface area is 215 Å². The standard InChI is InChI=1S/C29H31N5O3/c1-37-29(36)33-23-13-11-22(12-14-23)32-28(35)26-15-19-9-10-20(27(30)31)16-25(19)34(26)17-21-7-4-6-18-5-2-3-8-24(18)21/h2-10,15-16,22-23H,11-14,17H2,1H3,(H3,30,31)(H,32,35)(H,33,36)/t22-,23-. The van der Waals surface area contributed by atoms with Crippen LogP contribution in [0.5, 0.6) is 0 Å². The van der Waals surface area contributed by atoms with Crippen molar-refractivity contribution >= 4 is 39.5 Å². The Hall–Kier alpha value is -4.33. The summed E-state index contributed by atoms with van der Waals surface area (Å²) in [6.45, 7) is 0.505. The monoisotopic (exact) mass is 497 g/mol. The molecule has 1 aliphatic rings. The number of carbonyl (C=O) groups excluding carboxylic acids is 2. The van der Waals surface area contributed by atoms with E-state index in [9.17, 15) is 9.59 Å². The fourth-order valence-electron chi connectivity index (χ4n) is 5.25. The number of amides is 2. The Kier molecular flexibility index (Phi) is 6.81. The first kappa shape index (κ1) is 24.4. The third-order valence-corrected chi connectivity index (χ3v) is 7.23. The summed E-state index contributed by atoms with van der Waals surface area (Å²) in [6.07, 6.45) is 2.69. The summed E-state index contributed by atoms with van der Waals surface area (Å²) in [7, 11) is 1.36. The number of hydrogen-bond acceptors (Lipinski definition) is 4. The van der Waals surface area contributed by atoms with Gasteiger partial charge in [0.2, 0.25) is 0 Å². The van der Waals surface area contributed by atoms with Gasteiger partial charge in [0.1, 0.15) is 11.5 Å². The zero-order valence-corrected chi connectivity index (χ0v) is 20.8. The number of nitrogen functional groups attached to an aromatic ring is 1. The molecular formula is C29H31N5O3. The van der Waals surface area contributed by atoms with Crippen molar-refractivity contribution in [3.05, 3.63) is 83.6 Å². The van der Waals surface area contributed by atoms with Gasteiger partial charge in [0.05, 0.1) is 7.11 Å². The second kappa shape index (κ2) is 10.3. The van der Waals surface area contributed by atoms with E-state index in [2.05, 4.69) is 34.9 Å². The van der Waals surface area contributed by atoms with Crippen LogP contribution in [-0.2, 0) is 11.3 Å². The molecule has 1 saturated carbocycles. The summed E-state index contributed by atoms with van der Waals surface area (Å²) >= 11 is 0. The van der Waals surface area contributed by atoms with Gasteiger partial charge in [0, 0.05) is 35.1 Å². The smallest absolute Gasteiger partial charge is 0.407 e. The number of rotatable bonds is 6. The van der Waals surface area contributed by atoms with E-state index in [0.29, 0.717) is 17.8 Å². The van der Waals surface area contributed by atoms with Crippen LogP contribution in [0.25, 0.3) is 21.7 Å². The van der Waals surface area contributed by atoms with Crippen LogP contribution < -0.4 is 16.4 Å². The number of nitrogens with zero attached hydrogens (tertiary/aromatic N) is 1. The molecule has 0 atom stereocenters. The number of nitrogens with two attached hydrogens (primary N) is 1. The van der Waals surface area contributed by atoms with Crippen molar-refractivity contribution in [1.29, 1.82) is 5.41 Å². The Morgan fingerprint density at radius 2 is 1.65 bits per heavy atom. The maximum absolute atomic E-state index is 13.6. The highest BCUT2D eigenvalue weighted by Crippen LogP contribution is 2.27. The highest BCUT2D eigenvalue weighted by Gasteiger charge is 2.26. The molecule has 0 radical (unpaired) electrons. The summed E-state index contributed by atoms with van der Waals surface area (Å²) in [5, 5.41) is 17.2. The van der Waals surface area contributed by atoms with Gasteiger partial charge in [0.15, 0.2) is 0 Å². The lowest BCUT2D eigenvalue weighted by Crippen LogP contribution is -2.44. The van der Waals surface area contributed by atoms with E-state index in [1.54, 1.807) is 0 Å². The van der Waals surface area contributed by atoms with E-state index >= 15 is 0 Å². The molecule has 8 nitrogen and oxygen atoms in total. The Balaban J connectivity index is 1.45. The normalized spacial score (nSPS) is 17.4. The van der Waals surface area contributed by atoms with Gasteiger partial charge in [-0.25, -0.2) is 4.79 Å². The summed E-state index contributed by atoms with van der Waals surface area (Å²) in [5.74, 6) is -0.145. The maximum atomic E-state index is 13.6. The van der Waals surface area contributed by atoms with Gasteiger partial charge in [-0.1, -0.05) is 54.6 Å². The molecule has 4 aromatic rings. The number of nitrogens with one attached hydrogen (secondary N) is 3. The molecule has 0 unspecified atom stereocenters. The molecule has 5 rings (SSSR count). The molecule has 0 saturated heterocycles. The first-order chi connectivity index (χ1) is 17.9. The Morgan fingerprint density at radius 3 is 2.38 bits per heavy atom. The number of ether oxygens (including phenoxy) is 1. The molecule has 3 aromatic carbocycles. The van der Waals surface area contributed by atoms with Crippen LogP contribution in [0.2, 0.25) is 0 Å². The number of alkyl carbamates (subject to hydrolysis) is 1. The van der Waals surface area contributed by atoms with Crippen LogP contribution >= 0.6 is 0 Å². The van der Waals surface area contributed by atoms with Gasteiger partial charge < -0.3 is 25.7 Å². The van der Waals surface area contributed by atoms with Gasteiger partial charge >= 0.3 is 6.09 Å². The summed E-state index contributed by atoms with van der Waals surface area (Å²) in [5.41, 5.74) is 8.93. The number of hydrogen-bond donors (Lipinski definition) is 4. The lowest BCUT2D eigenvalue weighted by atomic mass is 9.91. The molecule has 1 aliphatic carbocycles. The topological polar surface area (TPSA) is 122 Å². The molecule has 1 aromatic heterocycles. The third kappa shape index (κ3) is 5.14. The second-order valence-corrected chi connectivity index (χ2v) is 9.60. The van der Waals surface area contributed by atoms with Gasteiger partial charge in [0.25, 0.3) is 5.91 Å². The highest BCUT2D eigenvalue weighted by molar-refractivity contribution is 6.02. The van der Waals surface area contributed by atoms with Gasteiger partial charge in [-0.05, 0) is 54.2 Å². The summed E-state index contributed by atoms with van der Waals surface area (Å²) in [4.78, 5) is 25.1. The molecule has 1 heterocycles. The minimum atomic E-state index is -0.421. The molecule has 37 heavy (non-hydrogen) atoms. The predicted octanol–water partition coefficient (Wildman–Crippen LogP) is 4.52. The van der Waals surface area contributed by atoms with Crippen LogP contribution in [0.4, 0.5) is 4.79 Å². The van der Waals surface area contributed by atoms with Crippen molar-refractivity contribution < 1.29 is 14.3 Å². The average molecular weight is 498 g/mol. The van der Waals surface area contributed by atoms with Crippen LogP contribution in [0.3, 0.4) is 0 Å². The van der Waals surface area contributed by atoms with Crippen molar-refractivity contribution in [2.75, 3.05) is 7.11 Å². The second-order valence-electron chi connectivity index (χ2n) is 9.60. The molecule has 1 fully saturated rings. The summed E-state index contributed by atoms with van der Waals surface area (Å²) < 4.78 is 6.72. The van der Waals surface area contributed by atoms with E-state index in [4.69, 9.17) is 15.9 Å². The summed E-state index contributed by atoms with van der Waals surface area (Å²) in [6, 6.07) is 22.0. The lowest BCUT2D eigenvalue weighted by Gasteiger charge is -2.29. The number of aromatic nitrogens is 1. The van der Waals surface area contributed by atoms with E-state index in [1.165, 1.54) is 7.11 Å². The van der Waals surface area contributed by atoms with E-state index in [0.717, 1.165) is 52.9 Å². The number of amidine groups is 1. The van der Waals surface area contributed by atoms with Crippen molar-refractivity contribution in [2.24, 2.45) is 5.73 Å². The SMILES string of the molecule is COC(=O)N[C@H]1CC[C@H](NC(=O)c2cc3ccc(C(=N)N)cc3n2Cc2cccc3ccccc23)CC1. The van der Waals surface area contributed by atoms with Crippen molar-refractivity contribution in [3.63, 3.8) is 0 Å². The van der Waals surface area contributed by atoms with Crippen LogP contribution in [0, 0.1) is 5.41 Å². The lowest BCUT2D eigenvalue weighted by molar-refractivity contribution is 0.0914. The van der Waals surface area contributed by atoms with Crippen LogP contribution in [-0.4, -0.2) is 41.6 Å². The zero-order chi connectivity index (χ0) is 25.9. The van der Waals surface area contributed by atoms with Crippen molar-refractivity contribution in [3.8, 4) is 0 Å². The fourth-order valence-corrected chi connectivity index (χ4v) is 5.25. The molecule has 0 aliphatic heterocycles. The minimum absolute atomic E-state index is 0.0110. The Bertz CT molecular complexity index is 1480. The molecule has 2 amide bonds. The molecule has 8 heteroatoms. The number of methoxy groups -OCH3 is 1. The predicted molar refractivity (Wildman–Crippen MR) is 145 cm³/mol. The van der Waals surface area contributed by atoms with E-state index in [1.807, 2.05) is 47.0 Å². The van der Waals surface area contributed by atoms with Crippen LogP contribution in [0.1, 0.15) is 47.3 Å². The molecule has 5 N–H and O–H groups in total. The average Bonchev–Trinajstić information content (AvgIpc) is 3.27. The van der Waals surface area contributed by atoms with E-state index < -0.39 is 6.09 Å². The minimum Gasteiger partial charge on any atom is -0.453 e. The van der Waals surface area contributed by atoms with Gasteiger partial charge in [-0.15, -0.1) is 0 Å². The molecule has 190 valence electrons. The van der Waals surface area contributed by atoms with Gasteiger partial charge in [-0.3, -0.25) is 10.2 Å². The quantitative estimate of drug-likeness (QED) is 0.231. The van der Waals surface area contributed by atoms with Crippen molar-refractivity contribution in [2.45, 2.75) is 44.3 Å².